The molecule has 1 aromatic rings. The smallest absolute Gasteiger partial charge is 0.222 e. The first-order valence-electron chi connectivity index (χ1n) is 14.8. The number of fused-ring (bicyclic) bond motifs is 5. The van der Waals surface area contributed by atoms with Crippen LogP contribution in [0.4, 0.5) is 0 Å². The average molecular weight is 496 g/mol. The monoisotopic (exact) mass is 495 g/mol. The molecule has 4 heteroatoms. The minimum Gasteiger partial charge on any atom is -0.393 e. The number of nitrogens with zero attached hydrogens (tertiary/aromatic N) is 1. The quantitative estimate of drug-likeness (QED) is 0.505. The Morgan fingerprint density at radius 1 is 1.03 bits per heavy atom. The van der Waals surface area contributed by atoms with E-state index in [1.165, 1.54) is 31.2 Å². The van der Waals surface area contributed by atoms with Crippen LogP contribution in [0.1, 0.15) is 90.5 Å². The number of hydrogen-bond donors (Lipinski definition) is 2. The normalized spacial score (nSPS) is 42.7. The molecule has 0 heterocycles. The van der Waals surface area contributed by atoms with Gasteiger partial charge in [-0.15, -0.1) is 0 Å². The molecule has 4 aliphatic carbocycles. The molecule has 0 unspecified atom stereocenters. The van der Waals surface area contributed by atoms with Gasteiger partial charge in [-0.2, -0.15) is 0 Å². The van der Waals surface area contributed by atoms with E-state index in [4.69, 9.17) is 0 Å². The van der Waals surface area contributed by atoms with E-state index in [0.29, 0.717) is 48.5 Å². The molecule has 0 bridgehead atoms. The van der Waals surface area contributed by atoms with Crippen LogP contribution in [0.15, 0.2) is 30.3 Å². The predicted octanol–water partition coefficient (Wildman–Crippen LogP) is 6.05. The van der Waals surface area contributed by atoms with Crippen LogP contribution in [0.3, 0.4) is 0 Å². The lowest BCUT2D eigenvalue weighted by Gasteiger charge is -2.62. The molecule has 0 aromatic heterocycles. The number of aliphatic hydroxyl groups is 2. The van der Waals surface area contributed by atoms with Crippen LogP contribution < -0.4 is 0 Å². The molecule has 2 N–H and O–H groups in total. The molecule has 0 spiro atoms. The molecule has 4 saturated carbocycles. The van der Waals surface area contributed by atoms with E-state index in [1.807, 2.05) is 30.1 Å². The van der Waals surface area contributed by atoms with Gasteiger partial charge >= 0.3 is 0 Å². The zero-order chi connectivity index (χ0) is 25.7. The van der Waals surface area contributed by atoms with E-state index in [0.717, 1.165) is 32.1 Å². The lowest BCUT2D eigenvalue weighted by atomic mass is 9.43. The summed E-state index contributed by atoms with van der Waals surface area (Å²) in [4.78, 5) is 14.8. The van der Waals surface area contributed by atoms with Crippen LogP contribution in [-0.4, -0.2) is 40.3 Å². The van der Waals surface area contributed by atoms with Gasteiger partial charge in [0.2, 0.25) is 5.91 Å². The fraction of sp³-hybridized carbons (Fsp3) is 0.781. The van der Waals surface area contributed by atoms with E-state index >= 15 is 0 Å². The number of aliphatic hydroxyl groups excluding tert-OH is 2. The molecule has 1 amide bonds. The van der Waals surface area contributed by atoms with Crippen molar-refractivity contribution in [2.45, 2.75) is 104 Å². The van der Waals surface area contributed by atoms with Crippen LogP contribution in [0.25, 0.3) is 0 Å². The lowest BCUT2D eigenvalue weighted by molar-refractivity contribution is -0.175. The highest BCUT2D eigenvalue weighted by atomic mass is 16.3. The molecule has 0 radical (unpaired) electrons. The molecule has 4 aliphatic rings. The van der Waals surface area contributed by atoms with Crippen LogP contribution in [0, 0.1) is 46.3 Å². The third-order valence-corrected chi connectivity index (χ3v) is 12.0. The second kappa shape index (κ2) is 10.1. The first kappa shape index (κ1) is 26.2. The second-order valence-electron chi connectivity index (χ2n) is 13.6. The molecule has 200 valence electrons. The second-order valence-corrected chi connectivity index (χ2v) is 13.6. The standard InChI is InChI=1S/C32H49NO3/c1-21(10-15-30(36)33(4)20-22-8-6-5-7-9-22)26-13-14-27-25-12-11-23-18-24(34)16-17-31(23,2)28(25)19-29(35)32(26,27)3/h5-9,21,23-29,34-35H,10-20H2,1-4H3/t21-,23+,24-,25+,26+,27-,28-,29+,31+,32-/m1/s1. The Kier molecular flexibility index (Phi) is 7.33. The van der Waals surface area contributed by atoms with Gasteiger partial charge in [0.25, 0.3) is 0 Å². The van der Waals surface area contributed by atoms with Gasteiger partial charge < -0.3 is 15.1 Å². The third-order valence-electron chi connectivity index (χ3n) is 12.0. The summed E-state index contributed by atoms with van der Waals surface area (Å²) in [7, 11) is 1.92. The summed E-state index contributed by atoms with van der Waals surface area (Å²) < 4.78 is 0. The molecule has 4 fully saturated rings. The van der Waals surface area contributed by atoms with Crippen LogP contribution in [0.2, 0.25) is 0 Å². The molecule has 10 atom stereocenters. The summed E-state index contributed by atoms with van der Waals surface area (Å²) in [5.74, 6) is 3.68. The van der Waals surface area contributed by atoms with Crippen molar-refractivity contribution in [2.75, 3.05) is 7.05 Å². The number of carbonyl (C=O) groups excluding carboxylic acids is 1. The summed E-state index contributed by atoms with van der Waals surface area (Å²) >= 11 is 0. The minimum absolute atomic E-state index is 0.0308. The van der Waals surface area contributed by atoms with E-state index in [2.05, 4.69) is 32.9 Å². The van der Waals surface area contributed by atoms with Crippen LogP contribution in [0.5, 0.6) is 0 Å². The number of carbonyl (C=O) groups is 1. The van der Waals surface area contributed by atoms with Crippen molar-refractivity contribution >= 4 is 5.91 Å². The third kappa shape index (κ3) is 4.45. The van der Waals surface area contributed by atoms with Crippen molar-refractivity contribution in [3.63, 3.8) is 0 Å². The van der Waals surface area contributed by atoms with Gasteiger partial charge in [-0.05, 0) is 110 Å². The summed E-state index contributed by atoms with van der Waals surface area (Å²) in [6.45, 7) is 7.88. The molecule has 1 aromatic carbocycles. The number of hydrogen-bond acceptors (Lipinski definition) is 3. The van der Waals surface area contributed by atoms with Gasteiger partial charge in [0.15, 0.2) is 0 Å². The first-order chi connectivity index (χ1) is 17.1. The summed E-state index contributed by atoms with van der Waals surface area (Å²) in [6, 6.07) is 10.2. The Morgan fingerprint density at radius 3 is 2.53 bits per heavy atom. The molecular formula is C32H49NO3. The minimum atomic E-state index is -0.252. The van der Waals surface area contributed by atoms with Crippen molar-refractivity contribution in [1.82, 2.24) is 4.90 Å². The van der Waals surface area contributed by atoms with Gasteiger partial charge in [0.1, 0.15) is 0 Å². The Morgan fingerprint density at radius 2 is 1.78 bits per heavy atom. The fourth-order valence-electron chi connectivity index (χ4n) is 9.85. The lowest BCUT2D eigenvalue weighted by Crippen LogP contribution is -2.58. The van der Waals surface area contributed by atoms with E-state index in [1.54, 1.807) is 0 Å². The fourth-order valence-corrected chi connectivity index (χ4v) is 9.85. The van der Waals surface area contributed by atoms with E-state index < -0.39 is 0 Å². The molecule has 4 nitrogen and oxygen atoms in total. The van der Waals surface area contributed by atoms with Gasteiger partial charge in [0.05, 0.1) is 12.2 Å². The molecule has 0 aliphatic heterocycles. The SMILES string of the molecule is C[C@H](CCC(=O)N(C)Cc1ccccc1)[C@@H]1CC[C@@H]2[C@@H]3CC[C@H]4C[C@H](O)CC[C@]4(C)[C@@H]3C[C@H](O)[C@@]21C. The molecule has 5 rings (SSSR count). The maximum absolute atomic E-state index is 12.9. The van der Waals surface area contributed by atoms with Gasteiger partial charge in [-0.25, -0.2) is 0 Å². The first-order valence-corrected chi connectivity index (χ1v) is 14.8. The Bertz CT molecular complexity index is 919. The van der Waals surface area contributed by atoms with Crippen LogP contribution in [-0.2, 0) is 11.3 Å². The molecule has 0 saturated heterocycles. The van der Waals surface area contributed by atoms with Crippen molar-refractivity contribution in [2.24, 2.45) is 46.3 Å². The molecule has 36 heavy (non-hydrogen) atoms. The molecular weight excluding hydrogens is 446 g/mol. The van der Waals surface area contributed by atoms with Crippen molar-refractivity contribution in [3.8, 4) is 0 Å². The van der Waals surface area contributed by atoms with Crippen molar-refractivity contribution in [3.05, 3.63) is 35.9 Å². The maximum Gasteiger partial charge on any atom is 0.222 e. The van der Waals surface area contributed by atoms with Gasteiger partial charge in [-0.1, -0.05) is 51.1 Å². The summed E-state index contributed by atoms with van der Waals surface area (Å²) in [6.07, 6.45) is 10.0. The number of benzene rings is 1. The van der Waals surface area contributed by atoms with E-state index in [-0.39, 0.29) is 28.9 Å². The zero-order valence-electron chi connectivity index (χ0n) is 23.0. The van der Waals surface area contributed by atoms with Crippen molar-refractivity contribution in [1.29, 1.82) is 0 Å². The highest BCUT2D eigenvalue weighted by molar-refractivity contribution is 5.75. The Hall–Kier alpha value is -1.39. The van der Waals surface area contributed by atoms with Crippen molar-refractivity contribution < 1.29 is 15.0 Å². The Labute approximate surface area is 218 Å². The number of amides is 1. The predicted molar refractivity (Wildman–Crippen MR) is 144 cm³/mol. The van der Waals surface area contributed by atoms with Gasteiger partial charge in [-0.3, -0.25) is 4.79 Å². The maximum atomic E-state index is 12.9. The Balaban J connectivity index is 1.23. The topological polar surface area (TPSA) is 60.8 Å². The highest BCUT2D eigenvalue weighted by Gasteiger charge is 2.63. The van der Waals surface area contributed by atoms with Gasteiger partial charge in [0, 0.05) is 20.0 Å². The summed E-state index contributed by atoms with van der Waals surface area (Å²) in [5.41, 5.74) is 1.42. The highest BCUT2D eigenvalue weighted by Crippen LogP contribution is 2.68. The van der Waals surface area contributed by atoms with Crippen LogP contribution >= 0.6 is 0 Å². The van der Waals surface area contributed by atoms with E-state index in [9.17, 15) is 15.0 Å². The average Bonchev–Trinajstić information content (AvgIpc) is 3.23. The number of rotatable bonds is 6. The summed E-state index contributed by atoms with van der Waals surface area (Å²) in [5, 5.41) is 22.1. The zero-order valence-corrected chi connectivity index (χ0v) is 23.0. The largest absolute Gasteiger partial charge is 0.393 e.